The minimum absolute atomic E-state index is 0.137. The molecular weight excluding hydrogens is 290 g/mol. The van der Waals surface area contributed by atoms with Crippen molar-refractivity contribution >= 4 is 5.91 Å². The number of hydrogen-bond donors (Lipinski definition) is 1. The Morgan fingerprint density at radius 1 is 1.17 bits per heavy atom. The van der Waals surface area contributed by atoms with Gasteiger partial charge in [0.2, 0.25) is 5.91 Å². The molecule has 0 aliphatic carbocycles. The van der Waals surface area contributed by atoms with Gasteiger partial charge in [0, 0.05) is 25.1 Å². The summed E-state index contributed by atoms with van der Waals surface area (Å²) in [7, 11) is 1.91. The molecule has 118 valence electrons. The third-order valence-electron chi connectivity index (χ3n) is 3.70. The molecule has 0 fully saturated rings. The van der Waals surface area contributed by atoms with Crippen LogP contribution in [0.5, 0.6) is 0 Å². The average molecular weight is 309 g/mol. The molecule has 0 aliphatic rings. The Morgan fingerprint density at radius 2 is 1.87 bits per heavy atom. The minimum Gasteiger partial charge on any atom is -0.274 e. The summed E-state index contributed by atoms with van der Waals surface area (Å²) in [6.07, 6.45) is 3.61. The molecule has 0 saturated carbocycles. The quantitative estimate of drug-likeness (QED) is 0.809. The third-order valence-corrected chi connectivity index (χ3v) is 3.70. The van der Waals surface area contributed by atoms with E-state index in [0.717, 1.165) is 22.5 Å². The Bertz CT molecular complexity index is 858. The standard InChI is InChI=1S/C17H19N5O/c1-11-5-7-14(8-6-11)17-15(9-18-21(17)4)16-10-22(12(2)19-16)20-13(3)23/h5-10H,1-4H3,(H,20,23). The number of imidazole rings is 1. The Morgan fingerprint density at radius 3 is 2.52 bits per heavy atom. The summed E-state index contributed by atoms with van der Waals surface area (Å²) in [6, 6.07) is 8.31. The van der Waals surface area contributed by atoms with Crippen molar-refractivity contribution in [3.8, 4) is 22.5 Å². The zero-order valence-corrected chi connectivity index (χ0v) is 13.7. The fourth-order valence-corrected chi connectivity index (χ4v) is 2.56. The third kappa shape index (κ3) is 2.88. The van der Waals surface area contributed by atoms with Gasteiger partial charge >= 0.3 is 0 Å². The molecule has 1 N–H and O–H groups in total. The van der Waals surface area contributed by atoms with Crippen LogP contribution in [0.1, 0.15) is 18.3 Å². The summed E-state index contributed by atoms with van der Waals surface area (Å²) in [4.78, 5) is 15.8. The van der Waals surface area contributed by atoms with Gasteiger partial charge in [0.25, 0.3) is 0 Å². The maximum Gasteiger partial charge on any atom is 0.235 e. The van der Waals surface area contributed by atoms with E-state index in [9.17, 15) is 4.79 Å². The van der Waals surface area contributed by atoms with Crippen molar-refractivity contribution in [3.63, 3.8) is 0 Å². The normalized spacial score (nSPS) is 10.8. The van der Waals surface area contributed by atoms with E-state index >= 15 is 0 Å². The van der Waals surface area contributed by atoms with E-state index in [2.05, 4.69) is 46.7 Å². The van der Waals surface area contributed by atoms with Crippen molar-refractivity contribution in [3.05, 3.63) is 48.0 Å². The average Bonchev–Trinajstić information content (AvgIpc) is 3.03. The lowest BCUT2D eigenvalue weighted by atomic mass is 10.0. The van der Waals surface area contributed by atoms with Crippen molar-refractivity contribution < 1.29 is 4.79 Å². The minimum atomic E-state index is -0.137. The number of aryl methyl sites for hydroxylation is 3. The smallest absolute Gasteiger partial charge is 0.235 e. The summed E-state index contributed by atoms with van der Waals surface area (Å²) < 4.78 is 3.47. The molecule has 3 rings (SSSR count). The van der Waals surface area contributed by atoms with Crippen LogP contribution in [0.3, 0.4) is 0 Å². The molecule has 0 atom stereocenters. The van der Waals surface area contributed by atoms with E-state index in [1.54, 1.807) is 10.9 Å². The van der Waals surface area contributed by atoms with Gasteiger partial charge in [-0.25, -0.2) is 9.66 Å². The van der Waals surface area contributed by atoms with E-state index in [4.69, 9.17) is 0 Å². The SMILES string of the molecule is CC(=O)Nn1cc(-c2cnn(C)c2-c2ccc(C)cc2)nc1C. The first-order chi connectivity index (χ1) is 11.0. The highest BCUT2D eigenvalue weighted by Gasteiger charge is 2.16. The highest BCUT2D eigenvalue weighted by molar-refractivity contribution is 5.82. The molecule has 0 bridgehead atoms. The number of nitrogens with zero attached hydrogens (tertiary/aromatic N) is 4. The van der Waals surface area contributed by atoms with Crippen molar-refractivity contribution in [2.45, 2.75) is 20.8 Å². The van der Waals surface area contributed by atoms with Crippen LogP contribution in [-0.2, 0) is 11.8 Å². The van der Waals surface area contributed by atoms with E-state index < -0.39 is 0 Å². The van der Waals surface area contributed by atoms with Gasteiger partial charge in [0.15, 0.2) is 0 Å². The van der Waals surface area contributed by atoms with Gasteiger partial charge in [-0.05, 0) is 13.8 Å². The number of carbonyl (C=O) groups excluding carboxylic acids is 1. The Balaban J connectivity index is 2.08. The number of rotatable bonds is 3. The van der Waals surface area contributed by atoms with Crippen molar-refractivity contribution in [1.29, 1.82) is 0 Å². The largest absolute Gasteiger partial charge is 0.274 e. The van der Waals surface area contributed by atoms with Crippen LogP contribution in [-0.4, -0.2) is 25.3 Å². The molecule has 1 amide bonds. The monoisotopic (exact) mass is 309 g/mol. The topological polar surface area (TPSA) is 64.7 Å². The number of hydrogen-bond acceptors (Lipinski definition) is 3. The Labute approximate surface area is 134 Å². The Hall–Kier alpha value is -2.89. The first-order valence-corrected chi connectivity index (χ1v) is 7.38. The van der Waals surface area contributed by atoms with E-state index in [1.165, 1.54) is 12.5 Å². The molecule has 2 aromatic heterocycles. The van der Waals surface area contributed by atoms with Gasteiger partial charge < -0.3 is 0 Å². The maximum absolute atomic E-state index is 11.3. The van der Waals surface area contributed by atoms with Crippen LogP contribution in [0.4, 0.5) is 0 Å². The van der Waals surface area contributed by atoms with Gasteiger partial charge in [-0.3, -0.25) is 14.9 Å². The molecule has 0 spiro atoms. The maximum atomic E-state index is 11.3. The molecule has 0 aliphatic heterocycles. The van der Waals surface area contributed by atoms with Crippen molar-refractivity contribution in [2.75, 3.05) is 5.43 Å². The second-order valence-electron chi connectivity index (χ2n) is 5.61. The van der Waals surface area contributed by atoms with Crippen LogP contribution in [0, 0.1) is 13.8 Å². The highest BCUT2D eigenvalue weighted by Crippen LogP contribution is 2.31. The zero-order chi connectivity index (χ0) is 16.6. The Kier molecular flexibility index (Phi) is 3.73. The van der Waals surface area contributed by atoms with Gasteiger partial charge in [0.1, 0.15) is 5.82 Å². The molecular formula is C17H19N5O. The molecule has 6 nitrogen and oxygen atoms in total. The molecule has 0 unspecified atom stereocenters. The summed E-state index contributed by atoms with van der Waals surface area (Å²) in [5.74, 6) is 0.580. The summed E-state index contributed by atoms with van der Waals surface area (Å²) in [6.45, 7) is 5.38. The number of aromatic nitrogens is 4. The molecule has 1 aromatic carbocycles. The zero-order valence-electron chi connectivity index (χ0n) is 13.7. The number of amides is 1. The fourth-order valence-electron chi connectivity index (χ4n) is 2.56. The second-order valence-corrected chi connectivity index (χ2v) is 5.61. The summed E-state index contributed by atoms with van der Waals surface area (Å²) >= 11 is 0. The van der Waals surface area contributed by atoms with Crippen LogP contribution in [0.25, 0.3) is 22.5 Å². The lowest BCUT2D eigenvalue weighted by Gasteiger charge is -2.06. The molecule has 2 heterocycles. The summed E-state index contributed by atoms with van der Waals surface area (Å²) in [5, 5.41) is 4.37. The lowest BCUT2D eigenvalue weighted by molar-refractivity contribution is -0.115. The highest BCUT2D eigenvalue weighted by atomic mass is 16.2. The summed E-state index contributed by atoms with van der Waals surface area (Å²) in [5.41, 5.74) is 7.73. The van der Waals surface area contributed by atoms with Gasteiger partial charge in [-0.1, -0.05) is 29.8 Å². The molecule has 3 aromatic rings. The number of nitrogens with one attached hydrogen (secondary N) is 1. The molecule has 0 saturated heterocycles. The van der Waals surface area contributed by atoms with Gasteiger partial charge in [0.05, 0.1) is 23.8 Å². The number of carbonyl (C=O) groups is 1. The van der Waals surface area contributed by atoms with Crippen molar-refractivity contribution in [1.82, 2.24) is 19.4 Å². The predicted molar refractivity (Wildman–Crippen MR) is 89.4 cm³/mol. The van der Waals surface area contributed by atoms with Gasteiger partial charge in [-0.2, -0.15) is 5.10 Å². The lowest BCUT2D eigenvalue weighted by Crippen LogP contribution is -2.19. The van der Waals surface area contributed by atoms with E-state index in [-0.39, 0.29) is 5.91 Å². The molecule has 6 heteroatoms. The molecule has 23 heavy (non-hydrogen) atoms. The first-order valence-electron chi connectivity index (χ1n) is 7.38. The van der Waals surface area contributed by atoms with Crippen molar-refractivity contribution in [2.24, 2.45) is 7.05 Å². The van der Waals surface area contributed by atoms with E-state index in [1.807, 2.05) is 24.9 Å². The van der Waals surface area contributed by atoms with Crippen LogP contribution in [0.2, 0.25) is 0 Å². The van der Waals surface area contributed by atoms with Gasteiger partial charge in [-0.15, -0.1) is 0 Å². The predicted octanol–water partition coefficient (Wildman–Crippen LogP) is 2.66. The first kappa shape index (κ1) is 15.0. The van der Waals surface area contributed by atoms with E-state index in [0.29, 0.717) is 5.82 Å². The van der Waals surface area contributed by atoms with Crippen LogP contribution < -0.4 is 5.43 Å². The van der Waals surface area contributed by atoms with Crippen LogP contribution >= 0.6 is 0 Å². The second kappa shape index (κ2) is 5.72. The fraction of sp³-hybridized carbons (Fsp3) is 0.235. The molecule has 0 radical (unpaired) electrons. The number of benzene rings is 1. The van der Waals surface area contributed by atoms with Crippen LogP contribution in [0.15, 0.2) is 36.7 Å².